The standard InChI is InChI=1S/C32H27F2N7O2/c1-2-41(18-21-10-13-26(33)27(34)14-21)32(43)25(16-35)31(42)36-17-20-8-11-23(12-9-20)39-29-24-15-28(22-6-4-3-5-7-22)40-30(24)38-19-37-29/h2-16,19H,1,17-18,35H2,(H,36,42)(H2,37,38,39,40)/b25-16-. The van der Waals surface area contributed by atoms with Crippen LogP contribution in [0, 0.1) is 11.6 Å². The maximum Gasteiger partial charge on any atom is 0.265 e. The van der Waals surface area contributed by atoms with Gasteiger partial charge < -0.3 is 26.3 Å². The Bertz CT molecular complexity index is 1820. The summed E-state index contributed by atoms with van der Waals surface area (Å²) >= 11 is 0. The third kappa shape index (κ3) is 6.57. The zero-order valence-electron chi connectivity index (χ0n) is 22.9. The van der Waals surface area contributed by atoms with Crippen LogP contribution < -0.4 is 16.4 Å². The van der Waals surface area contributed by atoms with Gasteiger partial charge in [0.15, 0.2) is 11.6 Å². The number of H-pyrrole nitrogens is 1. The smallest absolute Gasteiger partial charge is 0.265 e. The number of anilines is 2. The first-order chi connectivity index (χ1) is 20.9. The van der Waals surface area contributed by atoms with Crippen molar-refractivity contribution in [1.82, 2.24) is 25.2 Å². The Labute approximate surface area is 245 Å². The summed E-state index contributed by atoms with van der Waals surface area (Å²) in [7, 11) is 0. The van der Waals surface area contributed by atoms with Crippen LogP contribution in [0.25, 0.3) is 22.3 Å². The van der Waals surface area contributed by atoms with Gasteiger partial charge in [-0.3, -0.25) is 9.59 Å². The van der Waals surface area contributed by atoms with E-state index in [0.717, 1.165) is 51.1 Å². The predicted octanol–water partition coefficient (Wildman–Crippen LogP) is 5.28. The Morgan fingerprint density at radius 2 is 1.70 bits per heavy atom. The molecule has 9 nitrogen and oxygen atoms in total. The van der Waals surface area contributed by atoms with Crippen molar-refractivity contribution >= 4 is 34.4 Å². The lowest BCUT2D eigenvalue weighted by molar-refractivity contribution is -0.128. The van der Waals surface area contributed by atoms with Crippen LogP contribution in [0.2, 0.25) is 0 Å². The number of carbonyl (C=O) groups is 2. The number of aromatic amines is 1. The number of nitrogens with zero attached hydrogens (tertiary/aromatic N) is 3. The zero-order valence-corrected chi connectivity index (χ0v) is 22.9. The summed E-state index contributed by atoms with van der Waals surface area (Å²) < 4.78 is 26.9. The van der Waals surface area contributed by atoms with Gasteiger partial charge in [0.1, 0.15) is 23.4 Å². The van der Waals surface area contributed by atoms with E-state index >= 15 is 0 Å². The lowest BCUT2D eigenvalue weighted by Crippen LogP contribution is -2.35. The normalized spacial score (nSPS) is 11.3. The fourth-order valence-electron chi connectivity index (χ4n) is 4.39. The lowest BCUT2D eigenvalue weighted by Gasteiger charge is -2.19. The number of amides is 2. The molecule has 5 aromatic rings. The molecule has 0 saturated heterocycles. The van der Waals surface area contributed by atoms with Gasteiger partial charge in [0, 0.05) is 30.3 Å². The number of nitrogens with one attached hydrogen (secondary N) is 3. The predicted molar refractivity (Wildman–Crippen MR) is 160 cm³/mol. The lowest BCUT2D eigenvalue weighted by atomic mass is 10.1. The van der Waals surface area contributed by atoms with Gasteiger partial charge in [0.2, 0.25) is 0 Å². The maximum absolute atomic E-state index is 13.6. The van der Waals surface area contributed by atoms with Crippen LogP contribution in [-0.4, -0.2) is 31.7 Å². The van der Waals surface area contributed by atoms with Crippen molar-refractivity contribution in [3.63, 3.8) is 0 Å². The average Bonchev–Trinajstić information content (AvgIpc) is 3.47. The fraction of sp³-hybridized carbons (Fsp3) is 0.0625. The molecule has 0 aliphatic carbocycles. The molecule has 5 N–H and O–H groups in total. The first-order valence-electron chi connectivity index (χ1n) is 13.2. The molecule has 0 atom stereocenters. The molecule has 5 rings (SSSR count). The highest BCUT2D eigenvalue weighted by atomic mass is 19.2. The molecule has 0 saturated carbocycles. The molecule has 2 aromatic heterocycles. The van der Waals surface area contributed by atoms with E-state index in [2.05, 4.69) is 32.2 Å². The quantitative estimate of drug-likeness (QED) is 0.101. The summed E-state index contributed by atoms with van der Waals surface area (Å²) in [5.74, 6) is -2.85. The summed E-state index contributed by atoms with van der Waals surface area (Å²) in [6.07, 6.45) is 3.57. The highest BCUT2D eigenvalue weighted by Gasteiger charge is 2.23. The summed E-state index contributed by atoms with van der Waals surface area (Å²) in [6, 6.07) is 22.5. The first-order valence-corrected chi connectivity index (χ1v) is 13.2. The van der Waals surface area contributed by atoms with Gasteiger partial charge >= 0.3 is 0 Å². The third-order valence-corrected chi connectivity index (χ3v) is 6.64. The molecule has 2 amide bonds. The van der Waals surface area contributed by atoms with E-state index in [9.17, 15) is 18.4 Å². The van der Waals surface area contributed by atoms with E-state index in [0.29, 0.717) is 17.0 Å². The number of fused-ring (bicyclic) bond motifs is 1. The number of halogens is 2. The third-order valence-electron chi connectivity index (χ3n) is 6.64. The second kappa shape index (κ2) is 12.8. The SMILES string of the molecule is C=CN(Cc1ccc(F)c(F)c1)C(=O)/C(=C\N)C(=O)NCc1ccc(Nc2ncnc3[nH]c(-c4ccccc4)cc23)cc1. The molecule has 0 spiro atoms. The zero-order chi connectivity index (χ0) is 30.3. The molecule has 216 valence electrons. The van der Waals surface area contributed by atoms with E-state index in [4.69, 9.17) is 5.73 Å². The Morgan fingerprint density at radius 1 is 0.953 bits per heavy atom. The van der Waals surface area contributed by atoms with Gasteiger partial charge in [0.25, 0.3) is 11.8 Å². The largest absolute Gasteiger partial charge is 0.404 e. The van der Waals surface area contributed by atoms with E-state index in [1.54, 1.807) is 0 Å². The second-order valence-electron chi connectivity index (χ2n) is 9.48. The van der Waals surface area contributed by atoms with E-state index in [1.807, 2.05) is 60.7 Å². The Kier molecular flexibility index (Phi) is 8.52. The minimum Gasteiger partial charge on any atom is -0.404 e. The second-order valence-corrected chi connectivity index (χ2v) is 9.48. The first kappa shape index (κ1) is 28.7. The Hall–Kier alpha value is -5.84. The maximum atomic E-state index is 13.6. The van der Waals surface area contributed by atoms with Gasteiger partial charge in [-0.05, 0) is 47.0 Å². The number of hydrogen-bond acceptors (Lipinski definition) is 6. The average molecular weight is 580 g/mol. The minimum absolute atomic E-state index is 0.122. The van der Waals surface area contributed by atoms with Crippen LogP contribution in [0.3, 0.4) is 0 Å². The summed E-state index contributed by atoms with van der Waals surface area (Å²) in [4.78, 5) is 38.9. The van der Waals surface area contributed by atoms with Crippen LogP contribution in [0.1, 0.15) is 11.1 Å². The topological polar surface area (TPSA) is 129 Å². The molecular weight excluding hydrogens is 552 g/mol. The molecule has 0 aliphatic heterocycles. The van der Waals surface area contributed by atoms with Crippen LogP contribution in [-0.2, 0) is 22.7 Å². The molecule has 0 radical (unpaired) electrons. The van der Waals surface area contributed by atoms with Crippen molar-refractivity contribution in [2.24, 2.45) is 5.73 Å². The monoisotopic (exact) mass is 579 g/mol. The van der Waals surface area contributed by atoms with E-state index in [-0.39, 0.29) is 18.7 Å². The highest BCUT2D eigenvalue weighted by Crippen LogP contribution is 2.28. The summed E-state index contributed by atoms with van der Waals surface area (Å²) in [6.45, 7) is 3.57. The number of nitrogens with two attached hydrogens (primary N) is 1. The number of rotatable bonds is 10. The van der Waals surface area contributed by atoms with Crippen molar-refractivity contribution in [3.8, 4) is 11.3 Å². The van der Waals surface area contributed by atoms with Gasteiger partial charge in [-0.15, -0.1) is 0 Å². The van der Waals surface area contributed by atoms with Crippen molar-refractivity contribution < 1.29 is 18.4 Å². The molecule has 3 aromatic carbocycles. The molecule has 43 heavy (non-hydrogen) atoms. The van der Waals surface area contributed by atoms with Gasteiger partial charge in [-0.25, -0.2) is 18.7 Å². The molecule has 0 aliphatic rings. The molecule has 0 fully saturated rings. The Balaban J connectivity index is 1.21. The van der Waals surface area contributed by atoms with E-state index < -0.39 is 23.4 Å². The molecule has 2 heterocycles. The van der Waals surface area contributed by atoms with Gasteiger partial charge in [-0.2, -0.15) is 0 Å². The van der Waals surface area contributed by atoms with Crippen molar-refractivity contribution in [3.05, 3.63) is 133 Å². The summed E-state index contributed by atoms with van der Waals surface area (Å²) in [5, 5.41) is 6.82. The number of aromatic nitrogens is 3. The number of carbonyl (C=O) groups excluding carboxylic acids is 2. The van der Waals surface area contributed by atoms with Crippen LogP contribution in [0.4, 0.5) is 20.3 Å². The van der Waals surface area contributed by atoms with Gasteiger partial charge in [-0.1, -0.05) is 55.1 Å². The van der Waals surface area contributed by atoms with Crippen molar-refractivity contribution in [1.29, 1.82) is 0 Å². The van der Waals surface area contributed by atoms with Crippen LogP contribution in [0.15, 0.2) is 110 Å². The molecule has 0 unspecified atom stereocenters. The minimum atomic E-state index is -1.05. The van der Waals surface area contributed by atoms with Crippen LogP contribution >= 0.6 is 0 Å². The molecular formula is C32H27F2N7O2. The fourth-order valence-corrected chi connectivity index (χ4v) is 4.39. The number of hydrogen-bond donors (Lipinski definition) is 4. The number of benzene rings is 3. The van der Waals surface area contributed by atoms with Gasteiger partial charge in [0.05, 0.1) is 11.9 Å². The Morgan fingerprint density at radius 3 is 2.40 bits per heavy atom. The molecule has 0 bridgehead atoms. The summed E-state index contributed by atoms with van der Waals surface area (Å²) in [5.41, 5.74) is 9.80. The molecule has 11 heteroatoms. The van der Waals surface area contributed by atoms with Crippen molar-refractivity contribution in [2.45, 2.75) is 13.1 Å². The van der Waals surface area contributed by atoms with Crippen LogP contribution in [0.5, 0.6) is 0 Å². The van der Waals surface area contributed by atoms with Crippen molar-refractivity contribution in [2.75, 3.05) is 5.32 Å². The highest BCUT2D eigenvalue weighted by molar-refractivity contribution is 6.18. The van der Waals surface area contributed by atoms with E-state index in [1.165, 1.54) is 18.6 Å².